The van der Waals surface area contributed by atoms with Gasteiger partial charge < -0.3 is 14.9 Å². The Bertz CT molecular complexity index is 325. The van der Waals surface area contributed by atoms with E-state index in [1.807, 2.05) is 13.8 Å². The van der Waals surface area contributed by atoms with Crippen molar-refractivity contribution in [2.75, 3.05) is 6.61 Å². The molecule has 6 heteroatoms. The summed E-state index contributed by atoms with van der Waals surface area (Å²) in [6.07, 6.45) is -0.981. The number of aromatic nitrogens is 1. The molecule has 0 amide bonds. The van der Waals surface area contributed by atoms with Crippen LogP contribution in [0.3, 0.4) is 0 Å². The summed E-state index contributed by atoms with van der Waals surface area (Å²) < 4.78 is 5.25. The summed E-state index contributed by atoms with van der Waals surface area (Å²) in [6.45, 7) is 3.96. The molecule has 0 saturated heterocycles. The Labute approximate surface area is 86.6 Å². The zero-order valence-corrected chi connectivity index (χ0v) is 8.51. The highest BCUT2D eigenvalue weighted by atomic mass is 16.8. The molecule has 0 saturated carbocycles. The van der Waals surface area contributed by atoms with Gasteiger partial charge >= 0.3 is 6.16 Å². The lowest BCUT2D eigenvalue weighted by Gasteiger charge is -2.08. The van der Waals surface area contributed by atoms with Crippen LogP contribution in [0.5, 0.6) is 11.8 Å². The molecule has 84 valence electrons. The van der Waals surface area contributed by atoms with E-state index in [0.29, 0.717) is 4.73 Å². The van der Waals surface area contributed by atoms with Gasteiger partial charge in [-0.05, 0) is 5.92 Å². The zero-order valence-electron chi connectivity index (χ0n) is 8.51. The van der Waals surface area contributed by atoms with Gasteiger partial charge in [-0.25, -0.2) is 4.79 Å². The Hall–Kier alpha value is -1.85. The number of carbonyl (C=O) groups excluding carboxylic acids is 1. The van der Waals surface area contributed by atoms with E-state index in [0.717, 1.165) is 0 Å². The third-order valence-electron chi connectivity index (χ3n) is 1.50. The normalized spacial score (nSPS) is 10.3. The lowest BCUT2D eigenvalue weighted by molar-refractivity contribution is 0.0295. The van der Waals surface area contributed by atoms with Crippen molar-refractivity contribution in [2.24, 2.45) is 5.92 Å². The van der Waals surface area contributed by atoms with Gasteiger partial charge in [0.1, 0.15) is 0 Å². The highest BCUT2D eigenvalue weighted by Crippen LogP contribution is 2.18. The Morgan fingerprint density at radius 1 is 1.40 bits per heavy atom. The molecule has 6 nitrogen and oxygen atoms in total. The Morgan fingerprint density at radius 3 is 2.40 bits per heavy atom. The van der Waals surface area contributed by atoms with E-state index >= 15 is 0 Å². The summed E-state index contributed by atoms with van der Waals surface area (Å²) in [5.41, 5.74) is 0. The summed E-state index contributed by atoms with van der Waals surface area (Å²) in [4.78, 5) is 15.6. The van der Waals surface area contributed by atoms with Crippen LogP contribution < -0.4 is 4.84 Å². The minimum absolute atomic E-state index is 0.185. The van der Waals surface area contributed by atoms with Crippen molar-refractivity contribution in [1.82, 2.24) is 4.73 Å². The molecule has 1 aromatic rings. The molecule has 1 heterocycles. The fourth-order valence-corrected chi connectivity index (χ4v) is 0.831. The Kier molecular flexibility index (Phi) is 3.43. The molecule has 15 heavy (non-hydrogen) atoms. The quantitative estimate of drug-likeness (QED) is 0.738. The smallest absolute Gasteiger partial charge is 0.492 e. The molecule has 0 bridgehead atoms. The van der Waals surface area contributed by atoms with Crippen molar-refractivity contribution in [2.45, 2.75) is 13.8 Å². The first-order chi connectivity index (χ1) is 7.00. The van der Waals surface area contributed by atoms with Gasteiger partial charge in [-0.3, -0.25) is 4.84 Å². The summed E-state index contributed by atoms with van der Waals surface area (Å²) in [6, 6.07) is 2.37. The lowest BCUT2D eigenvalue weighted by Crippen LogP contribution is -2.21. The average Bonchev–Trinajstić information content (AvgIpc) is 2.46. The SMILES string of the molecule is CC(C)COC(=O)On1c(O)ccc1O. The number of hydrogen-bond donors (Lipinski definition) is 2. The van der Waals surface area contributed by atoms with Crippen LogP contribution in [0.2, 0.25) is 0 Å². The van der Waals surface area contributed by atoms with Crippen LogP contribution in [-0.2, 0) is 4.74 Å². The summed E-state index contributed by atoms with van der Waals surface area (Å²) in [5, 5.41) is 18.3. The van der Waals surface area contributed by atoms with Crippen LogP contribution in [0.25, 0.3) is 0 Å². The molecular formula is C9H13NO5. The fraction of sp³-hybridized carbons (Fsp3) is 0.444. The first-order valence-corrected chi connectivity index (χ1v) is 4.45. The van der Waals surface area contributed by atoms with Crippen LogP contribution in [0, 0.1) is 5.92 Å². The number of ether oxygens (including phenoxy) is 1. The number of hydrogen-bond acceptors (Lipinski definition) is 5. The molecule has 0 aliphatic rings. The van der Waals surface area contributed by atoms with Crippen molar-refractivity contribution in [1.29, 1.82) is 0 Å². The molecular weight excluding hydrogens is 202 g/mol. The van der Waals surface area contributed by atoms with Crippen molar-refractivity contribution < 1.29 is 24.6 Å². The fourth-order valence-electron chi connectivity index (χ4n) is 0.831. The molecule has 1 rings (SSSR count). The van der Waals surface area contributed by atoms with E-state index in [4.69, 9.17) is 10.2 Å². The maximum absolute atomic E-state index is 11.0. The minimum atomic E-state index is -0.981. The highest BCUT2D eigenvalue weighted by molar-refractivity contribution is 5.60. The maximum atomic E-state index is 11.0. The predicted molar refractivity (Wildman–Crippen MR) is 50.5 cm³/mol. The van der Waals surface area contributed by atoms with Crippen molar-refractivity contribution in [3.63, 3.8) is 0 Å². The standard InChI is InChI=1S/C9H13NO5/c1-6(2)5-14-9(13)15-10-7(11)3-4-8(10)12/h3-4,6,11-12H,5H2,1-2H3. The summed E-state index contributed by atoms with van der Waals surface area (Å²) >= 11 is 0. The van der Waals surface area contributed by atoms with Gasteiger partial charge in [0, 0.05) is 12.1 Å². The van der Waals surface area contributed by atoms with Gasteiger partial charge in [0.25, 0.3) is 0 Å². The van der Waals surface area contributed by atoms with Crippen LogP contribution in [0.15, 0.2) is 12.1 Å². The topological polar surface area (TPSA) is 80.9 Å². The van der Waals surface area contributed by atoms with Gasteiger partial charge in [-0.15, -0.1) is 4.73 Å². The molecule has 0 radical (unpaired) electrons. The molecule has 0 aromatic carbocycles. The van der Waals surface area contributed by atoms with Crippen LogP contribution in [0.1, 0.15) is 13.8 Å². The molecule has 1 aromatic heterocycles. The van der Waals surface area contributed by atoms with Crippen molar-refractivity contribution in [3.05, 3.63) is 12.1 Å². The van der Waals surface area contributed by atoms with E-state index in [-0.39, 0.29) is 24.3 Å². The Morgan fingerprint density at radius 2 is 1.93 bits per heavy atom. The number of carbonyl (C=O) groups is 1. The maximum Gasteiger partial charge on any atom is 0.533 e. The van der Waals surface area contributed by atoms with E-state index in [1.54, 1.807) is 0 Å². The second-order valence-corrected chi connectivity index (χ2v) is 3.39. The van der Waals surface area contributed by atoms with E-state index in [9.17, 15) is 4.79 Å². The molecule has 0 fully saturated rings. The molecule has 0 aliphatic carbocycles. The Balaban J connectivity index is 2.51. The van der Waals surface area contributed by atoms with Gasteiger partial charge in [0.2, 0.25) is 11.8 Å². The van der Waals surface area contributed by atoms with E-state index in [2.05, 4.69) is 9.57 Å². The van der Waals surface area contributed by atoms with Crippen molar-refractivity contribution in [3.8, 4) is 11.8 Å². The van der Waals surface area contributed by atoms with Gasteiger partial charge in [-0.1, -0.05) is 13.8 Å². The summed E-state index contributed by atoms with van der Waals surface area (Å²) in [5.74, 6) is -0.576. The first kappa shape index (κ1) is 11.2. The minimum Gasteiger partial charge on any atom is -0.492 e. The van der Waals surface area contributed by atoms with E-state index in [1.165, 1.54) is 12.1 Å². The third kappa shape index (κ3) is 3.08. The van der Waals surface area contributed by atoms with Crippen molar-refractivity contribution >= 4 is 6.16 Å². The average molecular weight is 215 g/mol. The number of rotatable bonds is 3. The van der Waals surface area contributed by atoms with Crippen LogP contribution in [-0.4, -0.2) is 27.7 Å². The second kappa shape index (κ2) is 4.59. The highest BCUT2D eigenvalue weighted by Gasteiger charge is 2.13. The van der Waals surface area contributed by atoms with Crippen LogP contribution >= 0.6 is 0 Å². The van der Waals surface area contributed by atoms with Gasteiger partial charge in [-0.2, -0.15) is 0 Å². The lowest BCUT2D eigenvalue weighted by atomic mass is 10.2. The number of aromatic hydroxyl groups is 2. The van der Waals surface area contributed by atoms with E-state index < -0.39 is 6.16 Å². The molecule has 0 spiro atoms. The first-order valence-electron chi connectivity index (χ1n) is 4.45. The predicted octanol–water partition coefficient (Wildman–Crippen LogP) is 1.12. The number of nitrogens with zero attached hydrogens (tertiary/aromatic N) is 1. The van der Waals surface area contributed by atoms with Crippen LogP contribution in [0.4, 0.5) is 4.79 Å². The van der Waals surface area contributed by atoms with Gasteiger partial charge in [0.05, 0.1) is 6.61 Å². The summed E-state index contributed by atoms with van der Waals surface area (Å²) in [7, 11) is 0. The van der Waals surface area contributed by atoms with Gasteiger partial charge in [0.15, 0.2) is 0 Å². The molecule has 0 unspecified atom stereocenters. The molecule has 2 N–H and O–H groups in total. The largest absolute Gasteiger partial charge is 0.533 e. The third-order valence-corrected chi connectivity index (χ3v) is 1.50. The second-order valence-electron chi connectivity index (χ2n) is 3.39. The molecule has 0 atom stereocenters. The molecule has 0 aliphatic heterocycles. The zero-order chi connectivity index (χ0) is 11.4. The monoisotopic (exact) mass is 215 g/mol.